The molecule has 1 aliphatic heterocycles. The van der Waals surface area contributed by atoms with Gasteiger partial charge in [0.05, 0.1) is 6.54 Å². The van der Waals surface area contributed by atoms with Crippen molar-refractivity contribution < 1.29 is 29.3 Å². The van der Waals surface area contributed by atoms with Crippen LogP contribution in [-0.2, 0) is 9.53 Å². The largest absolute Gasteiger partial charge is 0.504 e. The molecular formula is C22H30N2O6. The average Bonchev–Trinajstić information content (AvgIpc) is 2.67. The standard InChI is InChI=1S/C22H30N2O6/c1-22(2,3)30-21(29)24-11-9-15(10-12-24)5-8-20(28)23(4)14-19(27)16-6-7-17(25)18(26)13-16/h5-8,13,15,25-26H,9-12,14H2,1-4H3/b8-5+. The van der Waals surface area contributed by atoms with Crippen LogP contribution in [0.1, 0.15) is 44.0 Å². The zero-order valence-electron chi connectivity index (χ0n) is 17.9. The molecule has 8 nitrogen and oxygen atoms in total. The lowest BCUT2D eigenvalue weighted by molar-refractivity contribution is -0.124. The first-order valence-corrected chi connectivity index (χ1v) is 9.92. The number of allylic oxidation sites excluding steroid dienone is 1. The molecule has 0 radical (unpaired) electrons. The van der Waals surface area contributed by atoms with Crippen LogP contribution >= 0.6 is 0 Å². The second-order valence-electron chi connectivity index (χ2n) is 8.48. The number of likely N-dealkylation sites (N-methyl/N-ethyl adjacent to an activating group) is 1. The topological polar surface area (TPSA) is 107 Å². The number of piperidine rings is 1. The van der Waals surface area contributed by atoms with Gasteiger partial charge in [-0.1, -0.05) is 6.08 Å². The monoisotopic (exact) mass is 418 g/mol. The molecule has 1 aromatic carbocycles. The van der Waals surface area contributed by atoms with Crippen LogP contribution in [0, 0.1) is 5.92 Å². The van der Waals surface area contributed by atoms with Crippen molar-refractivity contribution in [3.8, 4) is 11.5 Å². The number of carbonyl (C=O) groups excluding carboxylic acids is 3. The van der Waals surface area contributed by atoms with Crippen molar-refractivity contribution in [2.45, 2.75) is 39.2 Å². The third-order valence-corrected chi connectivity index (χ3v) is 4.76. The molecule has 1 aromatic rings. The van der Waals surface area contributed by atoms with Crippen LogP contribution in [0.5, 0.6) is 11.5 Å². The molecule has 1 aliphatic rings. The van der Waals surface area contributed by atoms with Gasteiger partial charge < -0.3 is 24.7 Å². The summed E-state index contributed by atoms with van der Waals surface area (Å²) in [5.74, 6) is -1.17. The summed E-state index contributed by atoms with van der Waals surface area (Å²) in [4.78, 5) is 39.6. The van der Waals surface area contributed by atoms with E-state index < -0.39 is 5.60 Å². The number of hydrogen-bond donors (Lipinski definition) is 2. The number of benzene rings is 1. The predicted molar refractivity (Wildman–Crippen MR) is 111 cm³/mol. The number of amides is 2. The number of ether oxygens (including phenoxy) is 1. The summed E-state index contributed by atoms with van der Waals surface area (Å²) in [5, 5.41) is 18.8. The molecule has 0 spiro atoms. The highest BCUT2D eigenvalue weighted by atomic mass is 16.6. The molecule has 1 saturated heterocycles. The first-order chi connectivity index (χ1) is 14.0. The Hall–Kier alpha value is -3.03. The second kappa shape index (κ2) is 9.65. The number of nitrogens with zero attached hydrogens (tertiary/aromatic N) is 2. The maximum atomic E-state index is 12.3. The number of phenolic OH excluding ortho intramolecular Hbond substituents is 2. The van der Waals surface area contributed by atoms with E-state index in [1.54, 1.807) is 4.90 Å². The predicted octanol–water partition coefficient (Wildman–Crippen LogP) is 2.94. The molecule has 2 N–H and O–H groups in total. The van der Waals surface area contributed by atoms with E-state index in [4.69, 9.17) is 4.74 Å². The SMILES string of the molecule is CN(CC(=O)c1ccc(O)c(O)c1)C(=O)/C=C/C1CCN(C(=O)OC(C)(C)C)CC1. The van der Waals surface area contributed by atoms with Gasteiger partial charge in [0.15, 0.2) is 17.3 Å². The van der Waals surface area contributed by atoms with Crippen molar-refractivity contribution in [2.24, 2.45) is 5.92 Å². The minimum atomic E-state index is -0.527. The van der Waals surface area contributed by atoms with Crippen molar-refractivity contribution in [1.29, 1.82) is 0 Å². The van der Waals surface area contributed by atoms with E-state index in [9.17, 15) is 24.6 Å². The van der Waals surface area contributed by atoms with Crippen LogP contribution < -0.4 is 0 Å². The molecule has 164 valence electrons. The number of Topliss-reactive ketones (excluding diaryl/α,β-unsaturated/α-hetero) is 1. The summed E-state index contributed by atoms with van der Waals surface area (Å²) < 4.78 is 5.38. The number of ketones is 1. The number of phenols is 2. The average molecular weight is 418 g/mol. The van der Waals surface area contributed by atoms with Crippen LogP contribution in [0.15, 0.2) is 30.4 Å². The number of aromatic hydroxyl groups is 2. The number of hydrogen-bond acceptors (Lipinski definition) is 6. The van der Waals surface area contributed by atoms with Gasteiger partial charge in [-0.25, -0.2) is 4.79 Å². The normalized spacial score (nSPS) is 15.3. The van der Waals surface area contributed by atoms with E-state index in [0.29, 0.717) is 13.1 Å². The Morgan fingerprint density at radius 1 is 1.17 bits per heavy atom. The molecule has 1 heterocycles. The fraction of sp³-hybridized carbons (Fsp3) is 0.500. The first-order valence-electron chi connectivity index (χ1n) is 9.92. The zero-order chi connectivity index (χ0) is 22.5. The van der Waals surface area contributed by atoms with E-state index in [0.717, 1.165) is 12.8 Å². The van der Waals surface area contributed by atoms with Gasteiger partial charge in [-0.15, -0.1) is 0 Å². The summed E-state index contributed by atoms with van der Waals surface area (Å²) in [6.45, 7) is 6.48. The van der Waals surface area contributed by atoms with Crippen LogP contribution in [0.25, 0.3) is 0 Å². The molecule has 30 heavy (non-hydrogen) atoms. The Kier molecular flexibility index (Phi) is 7.48. The van der Waals surface area contributed by atoms with E-state index in [1.807, 2.05) is 26.8 Å². The van der Waals surface area contributed by atoms with Crippen LogP contribution in [0.3, 0.4) is 0 Å². The van der Waals surface area contributed by atoms with Gasteiger partial charge in [0.25, 0.3) is 0 Å². The highest BCUT2D eigenvalue weighted by molar-refractivity contribution is 6.00. The van der Waals surface area contributed by atoms with Crippen molar-refractivity contribution in [3.63, 3.8) is 0 Å². The smallest absolute Gasteiger partial charge is 0.410 e. The minimum Gasteiger partial charge on any atom is -0.504 e. The lowest BCUT2D eigenvalue weighted by atomic mass is 9.96. The van der Waals surface area contributed by atoms with Gasteiger partial charge >= 0.3 is 6.09 Å². The third kappa shape index (κ3) is 6.79. The number of carbonyl (C=O) groups is 3. The molecule has 8 heteroatoms. The van der Waals surface area contributed by atoms with Gasteiger partial charge in [0.2, 0.25) is 5.91 Å². The fourth-order valence-electron chi connectivity index (χ4n) is 3.03. The Bertz CT molecular complexity index is 819. The Morgan fingerprint density at radius 2 is 1.80 bits per heavy atom. The second-order valence-corrected chi connectivity index (χ2v) is 8.48. The highest BCUT2D eigenvalue weighted by Crippen LogP contribution is 2.25. The van der Waals surface area contributed by atoms with Crippen LogP contribution in [-0.4, -0.2) is 70.1 Å². The van der Waals surface area contributed by atoms with Crippen LogP contribution in [0.2, 0.25) is 0 Å². The molecule has 2 amide bonds. The molecule has 0 aromatic heterocycles. The van der Waals surface area contributed by atoms with Gasteiger partial charge in [0, 0.05) is 25.7 Å². The van der Waals surface area contributed by atoms with E-state index in [2.05, 4.69) is 0 Å². The molecule has 2 rings (SSSR count). The van der Waals surface area contributed by atoms with Crippen molar-refractivity contribution in [2.75, 3.05) is 26.7 Å². The maximum Gasteiger partial charge on any atom is 0.410 e. The van der Waals surface area contributed by atoms with Gasteiger partial charge in [-0.3, -0.25) is 9.59 Å². The highest BCUT2D eigenvalue weighted by Gasteiger charge is 2.26. The van der Waals surface area contributed by atoms with Gasteiger partial charge in [0.1, 0.15) is 5.60 Å². The molecule has 0 atom stereocenters. The molecular weight excluding hydrogens is 388 g/mol. The van der Waals surface area contributed by atoms with E-state index in [-0.39, 0.29) is 47.3 Å². The lowest BCUT2D eigenvalue weighted by Crippen LogP contribution is -2.41. The molecule has 0 aliphatic carbocycles. The van der Waals surface area contributed by atoms with E-state index in [1.165, 1.54) is 36.2 Å². The Morgan fingerprint density at radius 3 is 2.37 bits per heavy atom. The third-order valence-electron chi connectivity index (χ3n) is 4.76. The summed E-state index contributed by atoms with van der Waals surface area (Å²) in [7, 11) is 1.52. The number of likely N-dealkylation sites (tertiary alicyclic amines) is 1. The molecule has 1 fully saturated rings. The minimum absolute atomic E-state index is 0.148. The van der Waals surface area contributed by atoms with Gasteiger partial charge in [-0.05, 0) is 63.8 Å². The number of rotatable bonds is 5. The quantitative estimate of drug-likeness (QED) is 0.432. The first kappa shape index (κ1) is 23.3. The summed E-state index contributed by atoms with van der Waals surface area (Å²) in [6, 6.07) is 3.79. The summed E-state index contributed by atoms with van der Waals surface area (Å²) >= 11 is 0. The fourth-order valence-corrected chi connectivity index (χ4v) is 3.03. The van der Waals surface area contributed by atoms with Crippen molar-refractivity contribution >= 4 is 17.8 Å². The summed E-state index contributed by atoms with van der Waals surface area (Å²) in [5.41, 5.74) is -0.315. The molecule has 0 bridgehead atoms. The molecule has 0 saturated carbocycles. The Balaban J connectivity index is 1.82. The Labute approximate surface area is 176 Å². The zero-order valence-corrected chi connectivity index (χ0v) is 17.9. The van der Waals surface area contributed by atoms with Gasteiger partial charge in [-0.2, -0.15) is 0 Å². The van der Waals surface area contributed by atoms with Crippen LogP contribution in [0.4, 0.5) is 4.79 Å². The lowest BCUT2D eigenvalue weighted by Gasteiger charge is -2.32. The molecule has 0 unspecified atom stereocenters. The van der Waals surface area contributed by atoms with E-state index >= 15 is 0 Å². The summed E-state index contributed by atoms with van der Waals surface area (Å²) in [6.07, 6.45) is 4.42. The maximum absolute atomic E-state index is 12.3. The van der Waals surface area contributed by atoms with Crippen molar-refractivity contribution in [1.82, 2.24) is 9.80 Å². The van der Waals surface area contributed by atoms with Crippen molar-refractivity contribution in [3.05, 3.63) is 35.9 Å².